The summed E-state index contributed by atoms with van der Waals surface area (Å²) in [5.74, 6) is 1.37. The van der Waals surface area contributed by atoms with Gasteiger partial charge in [-0.15, -0.1) is 11.3 Å². The van der Waals surface area contributed by atoms with Crippen molar-refractivity contribution in [1.29, 1.82) is 0 Å². The lowest BCUT2D eigenvalue weighted by molar-refractivity contribution is 0.327. The van der Waals surface area contributed by atoms with Crippen LogP contribution < -0.4 is 10.5 Å². The minimum Gasteiger partial charge on any atom is -0.488 e. The van der Waals surface area contributed by atoms with Gasteiger partial charge in [0.15, 0.2) is 5.65 Å². The molecule has 1 aliphatic heterocycles. The van der Waals surface area contributed by atoms with E-state index in [4.69, 9.17) is 15.6 Å². The molecule has 0 bridgehead atoms. The standard InChI is InChI=1S/C24H26N6OS.C2H6/c1-14-21-23(25)26-13-27-24(21)30(28-14)15(2)18-12-31-19-8-6-5-7-17(19)22(18)20-10-9-16(32-20)11-29(3)4;1-2/h5-10,13,15H,11-12H2,1-4H3,(H2,25,26,27);1-2H3. The maximum absolute atomic E-state index is 6.18. The number of rotatable bonds is 5. The fraction of sp³-hybridized carbons (Fsp3) is 0.346. The minimum atomic E-state index is -0.0664. The van der Waals surface area contributed by atoms with E-state index in [-0.39, 0.29) is 6.04 Å². The van der Waals surface area contributed by atoms with Crippen LogP contribution in [-0.4, -0.2) is 45.4 Å². The van der Waals surface area contributed by atoms with Crippen molar-refractivity contribution in [3.8, 4) is 5.75 Å². The Balaban J connectivity index is 0.00000133. The molecule has 5 rings (SSSR count). The average Bonchev–Trinajstić information content (AvgIpc) is 3.43. The van der Waals surface area contributed by atoms with Crippen molar-refractivity contribution in [3.05, 3.63) is 69.3 Å². The van der Waals surface area contributed by atoms with Gasteiger partial charge in [0.25, 0.3) is 0 Å². The van der Waals surface area contributed by atoms with Crippen LogP contribution in [0.15, 0.2) is 48.3 Å². The molecule has 0 radical (unpaired) electrons. The summed E-state index contributed by atoms with van der Waals surface area (Å²) in [5, 5.41) is 5.60. The molecule has 34 heavy (non-hydrogen) atoms. The second kappa shape index (κ2) is 9.95. The quantitative estimate of drug-likeness (QED) is 0.420. The average molecular weight is 477 g/mol. The normalized spacial score (nSPS) is 14.0. The molecule has 0 saturated heterocycles. The van der Waals surface area contributed by atoms with E-state index < -0.39 is 0 Å². The van der Waals surface area contributed by atoms with Crippen molar-refractivity contribution in [2.24, 2.45) is 0 Å². The number of para-hydroxylation sites is 1. The largest absolute Gasteiger partial charge is 0.488 e. The number of benzene rings is 1. The van der Waals surface area contributed by atoms with Crippen LogP contribution in [0.1, 0.15) is 47.8 Å². The molecule has 4 heterocycles. The molecule has 7 nitrogen and oxygen atoms in total. The summed E-state index contributed by atoms with van der Waals surface area (Å²) in [6, 6.07) is 12.6. The number of nitrogens with zero attached hydrogens (tertiary/aromatic N) is 5. The zero-order chi connectivity index (χ0) is 24.4. The van der Waals surface area contributed by atoms with E-state index in [9.17, 15) is 0 Å². The summed E-state index contributed by atoms with van der Waals surface area (Å²) in [5.41, 5.74) is 11.2. The lowest BCUT2D eigenvalue weighted by Gasteiger charge is -2.27. The van der Waals surface area contributed by atoms with E-state index in [2.05, 4.69) is 60.2 Å². The summed E-state index contributed by atoms with van der Waals surface area (Å²) in [6.45, 7) is 9.50. The molecule has 1 unspecified atom stereocenters. The Bertz CT molecular complexity index is 1340. The number of anilines is 1. The van der Waals surface area contributed by atoms with Gasteiger partial charge >= 0.3 is 0 Å². The van der Waals surface area contributed by atoms with Crippen molar-refractivity contribution >= 4 is 33.8 Å². The SMILES string of the molecule is CC.Cc1nn(C(C)C2=C(c3ccc(CN(C)C)s3)c3ccccc3OC2)c2ncnc(N)c12. The Labute approximate surface area is 204 Å². The molecule has 0 saturated carbocycles. The van der Waals surface area contributed by atoms with Crippen LogP contribution >= 0.6 is 11.3 Å². The molecular formula is C26H32N6OS. The highest BCUT2D eigenvalue weighted by molar-refractivity contribution is 7.13. The molecule has 8 heteroatoms. The third-order valence-corrected chi connectivity index (χ3v) is 6.89. The van der Waals surface area contributed by atoms with E-state index in [0.717, 1.165) is 34.6 Å². The lowest BCUT2D eigenvalue weighted by atomic mass is 9.92. The van der Waals surface area contributed by atoms with E-state index in [1.54, 1.807) is 0 Å². The molecule has 0 spiro atoms. The topological polar surface area (TPSA) is 82.1 Å². The number of hydrogen-bond donors (Lipinski definition) is 1. The predicted molar refractivity (Wildman–Crippen MR) is 140 cm³/mol. The number of nitrogens with two attached hydrogens (primary N) is 1. The Morgan fingerprint density at radius 1 is 1.15 bits per heavy atom. The number of nitrogen functional groups attached to an aromatic ring is 1. The number of thiophene rings is 1. The van der Waals surface area contributed by atoms with Crippen LogP contribution in [0, 0.1) is 6.92 Å². The van der Waals surface area contributed by atoms with Gasteiger partial charge in [-0.3, -0.25) is 0 Å². The maximum Gasteiger partial charge on any atom is 0.164 e. The number of aromatic nitrogens is 4. The van der Waals surface area contributed by atoms with Crippen LogP contribution in [0.4, 0.5) is 5.82 Å². The molecule has 1 atom stereocenters. The molecular weight excluding hydrogens is 444 g/mol. The van der Waals surface area contributed by atoms with Crippen LogP contribution in [0.3, 0.4) is 0 Å². The Hall–Kier alpha value is -3.23. The smallest absolute Gasteiger partial charge is 0.164 e. The molecule has 1 aromatic carbocycles. The lowest BCUT2D eigenvalue weighted by Crippen LogP contribution is -2.20. The van der Waals surface area contributed by atoms with E-state index >= 15 is 0 Å². The van der Waals surface area contributed by atoms with Gasteiger partial charge < -0.3 is 15.4 Å². The summed E-state index contributed by atoms with van der Waals surface area (Å²) in [4.78, 5) is 13.4. The monoisotopic (exact) mass is 476 g/mol. The number of hydrogen-bond acceptors (Lipinski definition) is 7. The van der Waals surface area contributed by atoms with Crippen molar-refractivity contribution in [3.63, 3.8) is 0 Å². The Kier molecular flexibility index (Phi) is 7.00. The van der Waals surface area contributed by atoms with Crippen LogP contribution in [0.2, 0.25) is 0 Å². The first-order valence-electron chi connectivity index (χ1n) is 11.6. The van der Waals surface area contributed by atoms with Gasteiger partial charge in [-0.25, -0.2) is 14.6 Å². The zero-order valence-corrected chi connectivity index (χ0v) is 21.5. The van der Waals surface area contributed by atoms with Crippen LogP contribution in [-0.2, 0) is 6.54 Å². The van der Waals surface area contributed by atoms with E-state index in [0.29, 0.717) is 12.4 Å². The van der Waals surface area contributed by atoms with Crippen LogP contribution in [0.25, 0.3) is 16.6 Å². The van der Waals surface area contributed by atoms with E-state index in [1.165, 1.54) is 27.2 Å². The number of ether oxygens (including phenoxy) is 1. The molecule has 0 amide bonds. The molecule has 2 N–H and O–H groups in total. The summed E-state index contributed by atoms with van der Waals surface area (Å²) >= 11 is 1.83. The highest BCUT2D eigenvalue weighted by Gasteiger charge is 2.28. The second-order valence-electron chi connectivity index (χ2n) is 8.35. The third-order valence-electron chi connectivity index (χ3n) is 5.81. The van der Waals surface area contributed by atoms with Crippen LogP contribution in [0.5, 0.6) is 5.75 Å². The number of aryl methyl sites for hydroxylation is 1. The third kappa shape index (κ3) is 4.31. The second-order valence-corrected chi connectivity index (χ2v) is 9.52. The molecule has 4 aromatic rings. The van der Waals surface area contributed by atoms with E-state index in [1.807, 2.05) is 48.9 Å². The van der Waals surface area contributed by atoms with Gasteiger partial charge in [0.1, 0.15) is 24.5 Å². The summed E-state index contributed by atoms with van der Waals surface area (Å²) in [7, 11) is 4.18. The molecule has 0 fully saturated rings. The first kappa shape index (κ1) is 23.9. The summed E-state index contributed by atoms with van der Waals surface area (Å²) < 4.78 is 8.13. The van der Waals surface area contributed by atoms with Gasteiger partial charge in [-0.2, -0.15) is 5.10 Å². The fourth-order valence-electron chi connectivity index (χ4n) is 4.32. The molecule has 1 aliphatic rings. The van der Waals surface area contributed by atoms with Gasteiger partial charge in [0, 0.05) is 33.0 Å². The zero-order valence-electron chi connectivity index (χ0n) is 20.7. The minimum absolute atomic E-state index is 0.0664. The maximum atomic E-state index is 6.18. The molecule has 178 valence electrons. The van der Waals surface area contributed by atoms with Crippen molar-refractivity contribution < 1.29 is 4.74 Å². The van der Waals surface area contributed by atoms with Gasteiger partial charge in [-0.1, -0.05) is 32.0 Å². The highest BCUT2D eigenvalue weighted by atomic mass is 32.1. The van der Waals surface area contributed by atoms with Crippen molar-refractivity contribution in [1.82, 2.24) is 24.6 Å². The first-order valence-corrected chi connectivity index (χ1v) is 12.4. The predicted octanol–water partition coefficient (Wildman–Crippen LogP) is 5.32. The molecule has 0 aliphatic carbocycles. The van der Waals surface area contributed by atoms with Gasteiger partial charge in [0.05, 0.1) is 17.1 Å². The van der Waals surface area contributed by atoms with Crippen molar-refractivity contribution in [2.45, 2.75) is 40.3 Å². The highest BCUT2D eigenvalue weighted by Crippen LogP contribution is 2.43. The summed E-state index contributed by atoms with van der Waals surface area (Å²) in [6.07, 6.45) is 1.50. The van der Waals surface area contributed by atoms with Crippen molar-refractivity contribution in [2.75, 3.05) is 26.4 Å². The van der Waals surface area contributed by atoms with Gasteiger partial charge in [0.2, 0.25) is 0 Å². The molecule has 3 aromatic heterocycles. The fourth-order valence-corrected chi connectivity index (χ4v) is 5.54. The number of fused-ring (bicyclic) bond motifs is 2. The first-order chi connectivity index (χ1) is 16.4. The Morgan fingerprint density at radius 2 is 1.91 bits per heavy atom. The Morgan fingerprint density at radius 3 is 2.68 bits per heavy atom. The van der Waals surface area contributed by atoms with Gasteiger partial charge in [-0.05, 0) is 46.1 Å².